The Morgan fingerprint density at radius 3 is 2.85 bits per heavy atom. The number of thiazole rings is 1. The number of alkyl halides is 1. The summed E-state index contributed by atoms with van der Waals surface area (Å²) in [6.07, 6.45) is 2.83. The first-order chi connectivity index (χ1) is 12.7. The summed E-state index contributed by atoms with van der Waals surface area (Å²) in [6, 6.07) is 7.90. The molecular formula is C20H25ClN2O2S. The molecule has 0 saturated carbocycles. The lowest BCUT2D eigenvalue weighted by Crippen LogP contribution is -2.36. The number of ether oxygens (including phenoxy) is 1. The zero-order valence-corrected chi connectivity index (χ0v) is 16.6. The van der Waals surface area contributed by atoms with E-state index in [9.17, 15) is 4.79 Å². The van der Waals surface area contributed by atoms with E-state index in [1.54, 1.807) is 11.3 Å². The Morgan fingerprint density at radius 1 is 1.42 bits per heavy atom. The number of benzene rings is 1. The van der Waals surface area contributed by atoms with Crippen molar-refractivity contribution in [2.24, 2.45) is 5.92 Å². The van der Waals surface area contributed by atoms with Crippen LogP contribution in [0.3, 0.4) is 0 Å². The van der Waals surface area contributed by atoms with Crippen molar-refractivity contribution in [3.8, 4) is 5.75 Å². The zero-order valence-electron chi connectivity index (χ0n) is 15.0. The maximum absolute atomic E-state index is 13.3. The van der Waals surface area contributed by atoms with Gasteiger partial charge >= 0.3 is 0 Å². The van der Waals surface area contributed by atoms with E-state index in [1.165, 1.54) is 0 Å². The van der Waals surface area contributed by atoms with Crippen LogP contribution in [0.2, 0.25) is 0 Å². The number of ketones is 1. The summed E-state index contributed by atoms with van der Waals surface area (Å²) in [5.74, 6) is 1.51. The second kappa shape index (κ2) is 9.49. The van der Waals surface area contributed by atoms with Crippen LogP contribution in [0, 0.1) is 12.8 Å². The number of carbonyl (C=O) groups is 1. The molecule has 0 bridgehead atoms. The van der Waals surface area contributed by atoms with E-state index in [1.807, 2.05) is 36.7 Å². The molecule has 0 amide bonds. The summed E-state index contributed by atoms with van der Waals surface area (Å²) in [6.45, 7) is 4.36. The molecule has 1 aliphatic heterocycles. The van der Waals surface area contributed by atoms with Crippen molar-refractivity contribution < 1.29 is 9.53 Å². The maximum Gasteiger partial charge on any atom is 0.149 e. The Bertz CT molecular complexity index is 711. The average Bonchev–Trinajstić information content (AvgIpc) is 3.10. The number of hydrogen-bond donors (Lipinski definition) is 1. The molecule has 3 rings (SSSR count). The largest absolute Gasteiger partial charge is 0.494 e. The number of hydrogen-bond acceptors (Lipinski definition) is 5. The number of rotatable bonds is 8. The van der Waals surface area contributed by atoms with Crippen LogP contribution in [-0.2, 0) is 4.79 Å². The van der Waals surface area contributed by atoms with Gasteiger partial charge in [0.25, 0.3) is 0 Å². The first kappa shape index (κ1) is 19.3. The van der Waals surface area contributed by atoms with E-state index in [2.05, 4.69) is 10.3 Å². The fourth-order valence-corrected chi connectivity index (χ4v) is 4.41. The Balaban J connectivity index is 1.83. The number of piperidine rings is 1. The molecular weight excluding hydrogens is 368 g/mol. The molecule has 26 heavy (non-hydrogen) atoms. The third-order valence-electron chi connectivity index (χ3n) is 4.79. The van der Waals surface area contributed by atoms with E-state index in [0.717, 1.165) is 54.2 Å². The maximum atomic E-state index is 13.3. The van der Waals surface area contributed by atoms with E-state index in [-0.39, 0.29) is 11.8 Å². The molecule has 4 nitrogen and oxygen atoms in total. The molecule has 1 fully saturated rings. The van der Waals surface area contributed by atoms with Crippen LogP contribution < -0.4 is 10.1 Å². The third kappa shape index (κ3) is 4.64. The molecule has 6 heteroatoms. The summed E-state index contributed by atoms with van der Waals surface area (Å²) in [5, 5.41) is 3.36. The fourth-order valence-electron chi connectivity index (χ4n) is 3.36. The quantitative estimate of drug-likeness (QED) is 0.541. The normalized spacial score (nSPS) is 18.5. The van der Waals surface area contributed by atoms with Gasteiger partial charge in [-0.05, 0) is 50.4 Å². The average molecular weight is 393 g/mol. The van der Waals surface area contributed by atoms with Gasteiger partial charge in [-0.3, -0.25) is 4.79 Å². The molecule has 0 radical (unpaired) electrons. The Morgan fingerprint density at radius 2 is 2.23 bits per heavy atom. The van der Waals surface area contributed by atoms with E-state index < -0.39 is 0 Å². The third-order valence-corrected chi connectivity index (χ3v) is 6.05. The van der Waals surface area contributed by atoms with Gasteiger partial charge in [0.1, 0.15) is 11.5 Å². The predicted octanol–water partition coefficient (Wildman–Crippen LogP) is 4.16. The first-order valence-electron chi connectivity index (χ1n) is 9.14. The van der Waals surface area contributed by atoms with Gasteiger partial charge in [0.2, 0.25) is 0 Å². The molecule has 2 heterocycles. The van der Waals surface area contributed by atoms with Crippen LogP contribution in [0.25, 0.3) is 0 Å². The second-order valence-corrected chi connectivity index (χ2v) is 7.91. The number of aryl methyl sites for hydroxylation is 1. The highest BCUT2D eigenvalue weighted by Crippen LogP contribution is 2.35. The highest BCUT2D eigenvalue weighted by Gasteiger charge is 2.32. The molecule has 2 unspecified atom stereocenters. The number of carbonyl (C=O) groups excluding carboxylic acids is 1. The second-order valence-electron chi connectivity index (χ2n) is 6.64. The van der Waals surface area contributed by atoms with Crippen LogP contribution in [-0.4, -0.2) is 36.3 Å². The van der Waals surface area contributed by atoms with Crippen molar-refractivity contribution in [3.05, 3.63) is 45.9 Å². The van der Waals surface area contributed by atoms with E-state index >= 15 is 0 Å². The molecule has 1 N–H and O–H groups in total. The summed E-state index contributed by atoms with van der Waals surface area (Å²) in [4.78, 5) is 18.8. The van der Waals surface area contributed by atoms with Crippen molar-refractivity contribution in [1.82, 2.24) is 10.3 Å². The molecule has 1 aromatic carbocycles. The first-order valence-corrected chi connectivity index (χ1v) is 10.5. The minimum atomic E-state index is -0.246. The molecule has 2 aromatic rings. The fraction of sp³-hybridized carbons (Fsp3) is 0.500. The van der Waals surface area contributed by atoms with E-state index in [0.29, 0.717) is 18.3 Å². The lowest BCUT2D eigenvalue weighted by atomic mass is 9.82. The van der Waals surface area contributed by atoms with Gasteiger partial charge < -0.3 is 10.1 Å². The minimum absolute atomic E-state index is 0.0647. The Kier molecular flexibility index (Phi) is 7.06. The van der Waals surface area contributed by atoms with Crippen molar-refractivity contribution >= 4 is 28.7 Å². The molecule has 140 valence electrons. The van der Waals surface area contributed by atoms with Gasteiger partial charge in [-0.1, -0.05) is 12.1 Å². The number of Topliss-reactive ketones (excluding diaryl/α,β-unsaturated/α-hetero) is 1. The topological polar surface area (TPSA) is 51.2 Å². The summed E-state index contributed by atoms with van der Waals surface area (Å²) in [7, 11) is 0. The summed E-state index contributed by atoms with van der Waals surface area (Å²) >= 11 is 7.26. The van der Waals surface area contributed by atoms with Crippen LogP contribution in [0.4, 0.5) is 0 Å². The SMILES string of the molecule is Cc1ncsc1C(C(=O)C1CCCNC1)c1ccc(OCCCCl)cc1. The lowest BCUT2D eigenvalue weighted by molar-refractivity contribution is -0.123. The smallest absolute Gasteiger partial charge is 0.149 e. The van der Waals surface area contributed by atoms with Gasteiger partial charge in [-0.25, -0.2) is 4.98 Å². The van der Waals surface area contributed by atoms with E-state index in [4.69, 9.17) is 16.3 Å². The summed E-state index contributed by atoms with van der Waals surface area (Å²) in [5.41, 5.74) is 3.78. The van der Waals surface area contributed by atoms with Crippen LogP contribution in [0.15, 0.2) is 29.8 Å². The van der Waals surface area contributed by atoms with Crippen molar-refractivity contribution in [3.63, 3.8) is 0 Å². The monoisotopic (exact) mass is 392 g/mol. The number of nitrogens with zero attached hydrogens (tertiary/aromatic N) is 1. The molecule has 0 spiro atoms. The Hall–Kier alpha value is -1.43. The number of halogens is 1. The molecule has 1 aliphatic rings. The molecule has 1 saturated heterocycles. The highest BCUT2D eigenvalue weighted by atomic mass is 35.5. The summed E-state index contributed by atoms with van der Waals surface area (Å²) < 4.78 is 5.68. The van der Waals surface area contributed by atoms with Gasteiger partial charge in [-0.2, -0.15) is 0 Å². The number of aromatic nitrogens is 1. The zero-order chi connectivity index (χ0) is 18.4. The van der Waals surface area contributed by atoms with Crippen LogP contribution in [0.1, 0.15) is 41.3 Å². The van der Waals surface area contributed by atoms with Gasteiger partial charge in [-0.15, -0.1) is 22.9 Å². The standard InChI is InChI=1S/C20H25ClN2O2S/c1-14-20(26-13-23-14)18(19(24)16-4-2-10-22-12-16)15-5-7-17(8-6-15)25-11-3-9-21/h5-8,13,16,18,22H,2-4,9-12H2,1H3. The minimum Gasteiger partial charge on any atom is -0.494 e. The lowest BCUT2D eigenvalue weighted by Gasteiger charge is -2.26. The van der Waals surface area contributed by atoms with Crippen molar-refractivity contribution in [2.45, 2.75) is 32.1 Å². The Labute approximate surface area is 163 Å². The van der Waals surface area contributed by atoms with Crippen molar-refractivity contribution in [2.75, 3.05) is 25.6 Å². The highest BCUT2D eigenvalue weighted by molar-refractivity contribution is 7.10. The molecule has 2 atom stereocenters. The number of nitrogens with one attached hydrogen (secondary N) is 1. The molecule has 0 aliphatic carbocycles. The van der Waals surface area contributed by atoms with Gasteiger partial charge in [0.05, 0.1) is 23.7 Å². The van der Waals surface area contributed by atoms with Crippen LogP contribution in [0.5, 0.6) is 5.75 Å². The van der Waals surface area contributed by atoms with Crippen LogP contribution >= 0.6 is 22.9 Å². The van der Waals surface area contributed by atoms with Gasteiger partial charge in [0, 0.05) is 23.2 Å². The predicted molar refractivity (Wildman–Crippen MR) is 107 cm³/mol. The molecule has 1 aromatic heterocycles. The van der Waals surface area contributed by atoms with Crippen molar-refractivity contribution in [1.29, 1.82) is 0 Å². The van der Waals surface area contributed by atoms with Gasteiger partial charge in [0.15, 0.2) is 0 Å².